The van der Waals surface area contributed by atoms with Crippen LogP contribution in [0.4, 0.5) is 18.9 Å². The van der Waals surface area contributed by atoms with E-state index >= 15 is 0 Å². The van der Waals surface area contributed by atoms with Crippen LogP contribution in [-0.2, 0) is 16.6 Å². The first-order valence-electron chi connectivity index (χ1n) is 13.3. The Morgan fingerprint density at radius 1 is 0.973 bits per heavy atom. The molecule has 3 heterocycles. The van der Waals surface area contributed by atoms with Gasteiger partial charge in [0, 0.05) is 56.1 Å². The molecule has 3 fully saturated rings. The molecular weight excluding hydrogens is 481 g/mol. The number of anilines is 1. The number of aliphatic hydroxyl groups is 1. The normalized spacial score (nSPS) is 27.5. The molecule has 1 aliphatic carbocycles. The highest BCUT2D eigenvalue weighted by atomic mass is 19.4. The van der Waals surface area contributed by atoms with Gasteiger partial charge in [-0.1, -0.05) is 12.1 Å². The molecule has 9 heteroatoms. The quantitative estimate of drug-likeness (QED) is 0.619. The summed E-state index contributed by atoms with van der Waals surface area (Å²) in [6.07, 6.45) is 2.65. The minimum Gasteiger partial charge on any atom is -0.384 e. The van der Waals surface area contributed by atoms with Crippen LogP contribution in [0.2, 0.25) is 0 Å². The number of carbonyl (C=O) groups excluding carboxylic acids is 1. The minimum absolute atomic E-state index is 0.0798. The van der Waals surface area contributed by atoms with Gasteiger partial charge in [0.25, 0.3) is 0 Å². The van der Waals surface area contributed by atoms with E-state index in [1.54, 1.807) is 12.3 Å². The van der Waals surface area contributed by atoms with Gasteiger partial charge in [0.1, 0.15) is 5.60 Å². The fourth-order valence-electron chi connectivity index (χ4n) is 6.11. The molecule has 1 aromatic heterocycles. The molecule has 1 saturated carbocycles. The number of nitrogens with zero attached hydrogens (tertiary/aromatic N) is 3. The molecule has 2 aromatic rings. The maximum Gasteiger partial charge on any atom is 0.416 e. The molecule has 2 aliphatic heterocycles. The maximum atomic E-state index is 13.2. The number of nitrogens with one attached hydrogen (secondary N) is 1. The summed E-state index contributed by atoms with van der Waals surface area (Å²) in [5.41, 5.74) is -0.197. The third-order valence-electron chi connectivity index (χ3n) is 8.31. The van der Waals surface area contributed by atoms with E-state index in [4.69, 9.17) is 0 Å². The third kappa shape index (κ3) is 5.93. The third-order valence-corrected chi connectivity index (χ3v) is 8.31. The summed E-state index contributed by atoms with van der Waals surface area (Å²) < 4.78 is 39.2. The van der Waals surface area contributed by atoms with Crippen LogP contribution in [0.3, 0.4) is 0 Å². The topological polar surface area (TPSA) is 68.7 Å². The highest BCUT2D eigenvalue weighted by Crippen LogP contribution is 2.37. The van der Waals surface area contributed by atoms with E-state index in [1.165, 1.54) is 12.1 Å². The van der Waals surface area contributed by atoms with Crippen LogP contribution < -0.4 is 10.2 Å². The number of amides is 1. The van der Waals surface area contributed by atoms with Crippen LogP contribution in [0.25, 0.3) is 0 Å². The Balaban J connectivity index is 1.07. The smallest absolute Gasteiger partial charge is 0.384 e. The number of hydrogen-bond acceptors (Lipinski definition) is 5. The SMILES string of the molecule is O=C(C1CCN(c2cccc(C(F)(F)F)c2)CC1)N1CCC(NC2CCC(O)(c3ccccn3)CC2)C1. The van der Waals surface area contributed by atoms with Gasteiger partial charge in [-0.3, -0.25) is 9.78 Å². The lowest BCUT2D eigenvalue weighted by atomic mass is 9.79. The molecule has 200 valence electrons. The maximum absolute atomic E-state index is 13.2. The zero-order valence-electron chi connectivity index (χ0n) is 21.0. The molecule has 37 heavy (non-hydrogen) atoms. The number of rotatable bonds is 5. The van der Waals surface area contributed by atoms with E-state index in [0.29, 0.717) is 57.0 Å². The van der Waals surface area contributed by atoms with Crippen molar-refractivity contribution in [1.29, 1.82) is 0 Å². The monoisotopic (exact) mass is 516 g/mol. The number of halogens is 3. The molecule has 2 saturated heterocycles. The first-order chi connectivity index (χ1) is 17.7. The van der Waals surface area contributed by atoms with Crippen LogP contribution in [0.15, 0.2) is 48.7 Å². The zero-order chi connectivity index (χ0) is 26.0. The number of benzene rings is 1. The number of carbonyl (C=O) groups is 1. The second-order valence-corrected chi connectivity index (χ2v) is 10.8. The van der Waals surface area contributed by atoms with Gasteiger partial charge in [0.2, 0.25) is 5.91 Å². The second-order valence-electron chi connectivity index (χ2n) is 10.8. The number of piperidine rings is 1. The van der Waals surface area contributed by atoms with Gasteiger partial charge in [0.15, 0.2) is 0 Å². The molecule has 0 spiro atoms. The Hall–Kier alpha value is -2.65. The molecule has 1 aromatic carbocycles. The molecule has 2 N–H and O–H groups in total. The van der Waals surface area contributed by atoms with Gasteiger partial charge in [-0.2, -0.15) is 13.2 Å². The fourth-order valence-corrected chi connectivity index (χ4v) is 6.11. The van der Waals surface area contributed by atoms with Gasteiger partial charge in [-0.25, -0.2) is 0 Å². The molecule has 1 amide bonds. The Labute approximate surface area is 215 Å². The van der Waals surface area contributed by atoms with Gasteiger partial charge in [-0.15, -0.1) is 0 Å². The largest absolute Gasteiger partial charge is 0.416 e. The summed E-state index contributed by atoms with van der Waals surface area (Å²) in [4.78, 5) is 21.4. The van der Waals surface area contributed by atoms with Crippen molar-refractivity contribution < 1.29 is 23.1 Å². The standard InChI is InChI=1S/C28H35F3N4O2/c29-28(30,31)21-4-3-5-24(18-21)34-15-9-20(10-16-34)26(36)35-17-11-23(19-35)33-22-7-12-27(37,13-8-22)25-6-1-2-14-32-25/h1-6,14,18,20,22-23,33,37H,7-13,15-17,19H2. The fraction of sp³-hybridized carbons (Fsp3) is 0.571. The van der Waals surface area contributed by atoms with Crippen LogP contribution in [0.1, 0.15) is 56.2 Å². The highest BCUT2D eigenvalue weighted by molar-refractivity contribution is 5.79. The number of alkyl halides is 3. The summed E-state index contributed by atoms with van der Waals surface area (Å²) in [6.45, 7) is 2.58. The summed E-state index contributed by atoms with van der Waals surface area (Å²) in [5.74, 6) is 0.0880. The molecule has 1 atom stereocenters. The van der Waals surface area contributed by atoms with E-state index in [9.17, 15) is 23.1 Å². The average molecular weight is 517 g/mol. The van der Waals surface area contributed by atoms with E-state index in [2.05, 4.69) is 10.3 Å². The van der Waals surface area contributed by atoms with Crippen molar-refractivity contribution in [2.75, 3.05) is 31.1 Å². The second kappa shape index (κ2) is 10.6. The summed E-state index contributed by atoms with van der Waals surface area (Å²) in [5, 5.41) is 14.7. The lowest BCUT2D eigenvalue weighted by Gasteiger charge is -2.37. The number of likely N-dealkylation sites (tertiary alicyclic amines) is 1. The van der Waals surface area contributed by atoms with E-state index in [-0.39, 0.29) is 17.9 Å². The van der Waals surface area contributed by atoms with Crippen LogP contribution in [0, 0.1) is 5.92 Å². The van der Waals surface area contributed by atoms with Crippen LogP contribution >= 0.6 is 0 Å². The molecule has 0 bridgehead atoms. The first-order valence-corrected chi connectivity index (χ1v) is 13.3. The van der Waals surface area contributed by atoms with Crippen molar-refractivity contribution in [2.45, 2.75) is 68.8 Å². The van der Waals surface area contributed by atoms with Crippen molar-refractivity contribution in [3.05, 3.63) is 59.9 Å². The van der Waals surface area contributed by atoms with E-state index < -0.39 is 17.3 Å². The van der Waals surface area contributed by atoms with Crippen molar-refractivity contribution in [2.24, 2.45) is 5.92 Å². The molecule has 5 rings (SSSR count). The predicted octanol–water partition coefficient (Wildman–Crippen LogP) is 4.34. The predicted molar refractivity (Wildman–Crippen MR) is 135 cm³/mol. The number of hydrogen-bond donors (Lipinski definition) is 2. The Kier molecular flexibility index (Phi) is 7.45. The lowest BCUT2D eigenvalue weighted by molar-refractivity contribution is -0.137. The van der Waals surface area contributed by atoms with Crippen molar-refractivity contribution >= 4 is 11.6 Å². The van der Waals surface area contributed by atoms with Crippen molar-refractivity contribution in [1.82, 2.24) is 15.2 Å². The average Bonchev–Trinajstić information content (AvgIpc) is 3.38. The Bertz CT molecular complexity index is 1060. The minimum atomic E-state index is -4.36. The van der Waals surface area contributed by atoms with Crippen molar-refractivity contribution in [3.8, 4) is 0 Å². The van der Waals surface area contributed by atoms with Crippen molar-refractivity contribution in [3.63, 3.8) is 0 Å². The van der Waals surface area contributed by atoms with E-state index in [0.717, 1.165) is 37.6 Å². The summed E-state index contributed by atoms with van der Waals surface area (Å²) in [6, 6.07) is 11.6. The summed E-state index contributed by atoms with van der Waals surface area (Å²) in [7, 11) is 0. The number of aromatic nitrogens is 1. The lowest BCUT2D eigenvalue weighted by Crippen LogP contribution is -2.46. The Morgan fingerprint density at radius 2 is 1.73 bits per heavy atom. The molecular formula is C28H35F3N4O2. The summed E-state index contributed by atoms with van der Waals surface area (Å²) >= 11 is 0. The van der Waals surface area contributed by atoms with E-state index in [1.807, 2.05) is 28.0 Å². The van der Waals surface area contributed by atoms with Gasteiger partial charge < -0.3 is 20.2 Å². The molecule has 3 aliphatic rings. The molecule has 6 nitrogen and oxygen atoms in total. The molecule has 1 unspecified atom stereocenters. The highest BCUT2D eigenvalue weighted by Gasteiger charge is 2.38. The van der Waals surface area contributed by atoms with Gasteiger partial charge in [-0.05, 0) is 75.3 Å². The van der Waals surface area contributed by atoms with Gasteiger partial charge >= 0.3 is 6.18 Å². The van der Waals surface area contributed by atoms with Crippen LogP contribution in [-0.4, -0.2) is 59.2 Å². The first kappa shape index (κ1) is 26.0. The Morgan fingerprint density at radius 3 is 2.41 bits per heavy atom. The molecule has 0 radical (unpaired) electrons. The van der Waals surface area contributed by atoms with Crippen LogP contribution in [0.5, 0.6) is 0 Å². The van der Waals surface area contributed by atoms with Gasteiger partial charge in [0.05, 0.1) is 11.3 Å². The zero-order valence-corrected chi connectivity index (χ0v) is 21.0. The number of pyridine rings is 1.